The zero-order valence-electron chi connectivity index (χ0n) is 11.0. The molecule has 2 unspecified atom stereocenters. The van der Waals surface area contributed by atoms with Gasteiger partial charge in [0.05, 0.1) is 22.3 Å². The minimum Gasteiger partial charge on any atom is -0.324 e. The number of anilines is 1. The summed E-state index contributed by atoms with van der Waals surface area (Å²) in [6, 6.07) is 5.23. The molecule has 1 amide bonds. The van der Waals surface area contributed by atoms with Crippen LogP contribution < -0.4 is 10.6 Å². The molecule has 0 spiro atoms. The highest BCUT2D eigenvalue weighted by Gasteiger charge is 2.36. The second kappa shape index (κ2) is 5.90. The lowest BCUT2D eigenvalue weighted by Gasteiger charge is -2.17. The summed E-state index contributed by atoms with van der Waals surface area (Å²) in [5.41, 5.74) is 0.574. The van der Waals surface area contributed by atoms with Crippen LogP contribution in [0.2, 0.25) is 10.0 Å². The van der Waals surface area contributed by atoms with Crippen molar-refractivity contribution in [1.82, 2.24) is 10.2 Å². The third-order valence-electron chi connectivity index (χ3n) is 4.06. The molecule has 2 fully saturated rings. The summed E-state index contributed by atoms with van der Waals surface area (Å²) in [7, 11) is 0. The van der Waals surface area contributed by atoms with Crippen molar-refractivity contribution in [2.45, 2.75) is 0 Å². The fourth-order valence-corrected chi connectivity index (χ4v) is 3.42. The molecule has 2 saturated heterocycles. The van der Waals surface area contributed by atoms with E-state index in [2.05, 4.69) is 15.5 Å². The molecule has 0 aromatic heterocycles. The van der Waals surface area contributed by atoms with Crippen molar-refractivity contribution in [3.63, 3.8) is 0 Å². The van der Waals surface area contributed by atoms with Gasteiger partial charge in [-0.05, 0) is 37.1 Å². The molecule has 2 aliphatic rings. The lowest BCUT2D eigenvalue weighted by atomic mass is 10.0. The van der Waals surface area contributed by atoms with Gasteiger partial charge >= 0.3 is 0 Å². The van der Waals surface area contributed by atoms with Crippen LogP contribution in [0, 0.1) is 11.8 Å². The van der Waals surface area contributed by atoms with Gasteiger partial charge in [0.25, 0.3) is 0 Å². The van der Waals surface area contributed by atoms with Crippen LogP contribution in [0.3, 0.4) is 0 Å². The van der Waals surface area contributed by atoms with E-state index in [9.17, 15) is 4.79 Å². The minimum absolute atomic E-state index is 0.0397. The monoisotopic (exact) mass is 313 g/mol. The highest BCUT2D eigenvalue weighted by molar-refractivity contribution is 6.43. The zero-order chi connectivity index (χ0) is 14.1. The summed E-state index contributed by atoms with van der Waals surface area (Å²) in [6.07, 6.45) is 0. The zero-order valence-corrected chi connectivity index (χ0v) is 12.5. The van der Waals surface area contributed by atoms with Crippen molar-refractivity contribution in [2.24, 2.45) is 11.8 Å². The van der Waals surface area contributed by atoms with Gasteiger partial charge in [0.1, 0.15) is 0 Å². The number of amides is 1. The Morgan fingerprint density at radius 3 is 2.70 bits per heavy atom. The summed E-state index contributed by atoms with van der Waals surface area (Å²) in [4.78, 5) is 14.3. The van der Waals surface area contributed by atoms with Gasteiger partial charge in [-0.2, -0.15) is 0 Å². The Hall–Kier alpha value is -0.810. The van der Waals surface area contributed by atoms with Gasteiger partial charge in [0.2, 0.25) is 5.91 Å². The number of halogens is 2. The van der Waals surface area contributed by atoms with E-state index < -0.39 is 0 Å². The Labute approximate surface area is 128 Å². The maximum Gasteiger partial charge on any atom is 0.238 e. The first-order valence-corrected chi connectivity index (χ1v) is 7.56. The Morgan fingerprint density at radius 1 is 1.30 bits per heavy atom. The normalized spacial score (nSPS) is 25.7. The first-order valence-electron chi connectivity index (χ1n) is 6.80. The maximum atomic E-state index is 12.1. The number of hydrogen-bond acceptors (Lipinski definition) is 3. The largest absolute Gasteiger partial charge is 0.324 e. The molecule has 108 valence electrons. The van der Waals surface area contributed by atoms with Crippen molar-refractivity contribution in [3.8, 4) is 0 Å². The number of likely N-dealkylation sites (tertiary alicyclic amines) is 1. The van der Waals surface area contributed by atoms with Gasteiger partial charge in [0, 0.05) is 13.1 Å². The minimum atomic E-state index is -0.0397. The van der Waals surface area contributed by atoms with Crippen LogP contribution in [0.15, 0.2) is 18.2 Å². The van der Waals surface area contributed by atoms with Gasteiger partial charge in [-0.25, -0.2) is 0 Å². The quantitative estimate of drug-likeness (QED) is 0.898. The standard InChI is InChI=1S/C14H17Cl2N3O/c15-11-2-1-3-12(14(11)16)18-13(20)8-19-6-9-4-17-5-10(9)7-19/h1-3,9-10,17H,4-8H2,(H,18,20). The van der Waals surface area contributed by atoms with Gasteiger partial charge < -0.3 is 10.6 Å². The number of benzene rings is 1. The molecule has 20 heavy (non-hydrogen) atoms. The van der Waals surface area contributed by atoms with Crippen molar-refractivity contribution in [2.75, 3.05) is 38.0 Å². The van der Waals surface area contributed by atoms with Gasteiger partial charge in [-0.1, -0.05) is 29.3 Å². The van der Waals surface area contributed by atoms with Crippen LogP contribution in [0.4, 0.5) is 5.69 Å². The van der Waals surface area contributed by atoms with Crippen molar-refractivity contribution in [3.05, 3.63) is 28.2 Å². The first-order chi connectivity index (χ1) is 9.63. The van der Waals surface area contributed by atoms with Gasteiger partial charge in [-0.15, -0.1) is 0 Å². The fourth-order valence-electron chi connectivity index (χ4n) is 3.07. The van der Waals surface area contributed by atoms with Crippen LogP contribution in [0.5, 0.6) is 0 Å². The molecular formula is C14H17Cl2N3O. The van der Waals surface area contributed by atoms with E-state index in [1.807, 2.05) is 0 Å². The number of fused-ring (bicyclic) bond motifs is 1. The smallest absolute Gasteiger partial charge is 0.238 e. The number of nitrogens with zero attached hydrogens (tertiary/aromatic N) is 1. The fraction of sp³-hybridized carbons (Fsp3) is 0.500. The molecule has 1 aromatic rings. The third-order valence-corrected chi connectivity index (χ3v) is 4.88. The molecule has 0 radical (unpaired) electrons. The van der Waals surface area contributed by atoms with E-state index in [-0.39, 0.29) is 5.91 Å². The molecule has 0 bridgehead atoms. The maximum absolute atomic E-state index is 12.1. The Balaban J connectivity index is 1.56. The summed E-state index contributed by atoms with van der Waals surface area (Å²) < 4.78 is 0. The van der Waals surface area contributed by atoms with E-state index >= 15 is 0 Å². The molecule has 4 nitrogen and oxygen atoms in total. The molecule has 2 atom stereocenters. The Morgan fingerprint density at radius 2 is 2.00 bits per heavy atom. The second-order valence-electron chi connectivity index (χ2n) is 5.52. The summed E-state index contributed by atoms with van der Waals surface area (Å²) in [6.45, 7) is 4.55. The highest BCUT2D eigenvalue weighted by Crippen LogP contribution is 2.30. The Kier molecular flexibility index (Phi) is 4.17. The van der Waals surface area contributed by atoms with E-state index in [4.69, 9.17) is 23.2 Å². The average Bonchev–Trinajstić information content (AvgIpc) is 2.95. The number of nitrogens with one attached hydrogen (secondary N) is 2. The molecular weight excluding hydrogens is 297 g/mol. The van der Waals surface area contributed by atoms with Gasteiger partial charge in [-0.3, -0.25) is 9.69 Å². The lowest BCUT2D eigenvalue weighted by molar-refractivity contribution is -0.117. The summed E-state index contributed by atoms with van der Waals surface area (Å²) in [5, 5.41) is 7.07. The SMILES string of the molecule is O=C(CN1CC2CNCC2C1)Nc1cccc(Cl)c1Cl. The van der Waals surface area contributed by atoms with Crippen LogP contribution in [0.25, 0.3) is 0 Å². The lowest BCUT2D eigenvalue weighted by Crippen LogP contribution is -2.33. The summed E-state index contributed by atoms with van der Waals surface area (Å²) >= 11 is 12.0. The molecule has 2 heterocycles. The van der Waals surface area contributed by atoms with E-state index in [1.54, 1.807) is 18.2 Å². The van der Waals surface area contributed by atoms with Crippen LogP contribution in [-0.2, 0) is 4.79 Å². The summed E-state index contributed by atoms with van der Waals surface area (Å²) in [5.74, 6) is 1.34. The number of carbonyl (C=O) groups excluding carboxylic acids is 1. The van der Waals surface area contributed by atoms with E-state index in [0.717, 1.165) is 26.2 Å². The number of rotatable bonds is 3. The molecule has 1 aromatic carbocycles. The molecule has 0 saturated carbocycles. The van der Waals surface area contributed by atoms with Crippen LogP contribution >= 0.6 is 23.2 Å². The van der Waals surface area contributed by atoms with E-state index in [0.29, 0.717) is 34.1 Å². The number of carbonyl (C=O) groups is 1. The molecule has 3 rings (SSSR count). The third kappa shape index (κ3) is 2.93. The average molecular weight is 314 g/mol. The van der Waals surface area contributed by atoms with Crippen molar-refractivity contribution in [1.29, 1.82) is 0 Å². The molecule has 2 N–H and O–H groups in total. The predicted molar refractivity (Wildman–Crippen MR) is 81.4 cm³/mol. The Bertz CT molecular complexity index is 511. The van der Waals surface area contributed by atoms with Crippen molar-refractivity contribution < 1.29 is 4.79 Å². The van der Waals surface area contributed by atoms with Crippen LogP contribution in [0.1, 0.15) is 0 Å². The van der Waals surface area contributed by atoms with E-state index in [1.165, 1.54) is 0 Å². The molecule has 2 aliphatic heterocycles. The van der Waals surface area contributed by atoms with Crippen molar-refractivity contribution >= 4 is 34.8 Å². The molecule has 6 heteroatoms. The predicted octanol–water partition coefficient (Wildman–Crippen LogP) is 2.08. The van der Waals surface area contributed by atoms with Gasteiger partial charge in [0.15, 0.2) is 0 Å². The van der Waals surface area contributed by atoms with Crippen LogP contribution in [-0.4, -0.2) is 43.5 Å². The highest BCUT2D eigenvalue weighted by atomic mass is 35.5. The first kappa shape index (κ1) is 14.1. The number of hydrogen-bond donors (Lipinski definition) is 2. The topological polar surface area (TPSA) is 44.4 Å². The second-order valence-corrected chi connectivity index (χ2v) is 6.31. The molecule has 0 aliphatic carbocycles.